The summed E-state index contributed by atoms with van der Waals surface area (Å²) in [5, 5.41) is 3.42. The highest BCUT2D eigenvalue weighted by molar-refractivity contribution is 5.81. The summed E-state index contributed by atoms with van der Waals surface area (Å²) in [6.07, 6.45) is 2.86. The molecule has 2 aliphatic rings. The molecule has 5 heteroatoms. The van der Waals surface area contributed by atoms with Crippen molar-refractivity contribution in [3.63, 3.8) is 0 Å². The zero-order valence-corrected chi connectivity index (χ0v) is 14.0. The molecule has 23 heavy (non-hydrogen) atoms. The molecular weight excluding hydrogens is 292 g/mol. The van der Waals surface area contributed by atoms with Gasteiger partial charge < -0.3 is 19.7 Å². The highest BCUT2D eigenvalue weighted by atomic mass is 16.5. The van der Waals surface area contributed by atoms with Crippen LogP contribution in [0.3, 0.4) is 0 Å². The van der Waals surface area contributed by atoms with Crippen LogP contribution < -0.4 is 10.1 Å². The van der Waals surface area contributed by atoms with Crippen LogP contribution in [0.1, 0.15) is 31.7 Å². The molecule has 5 nitrogen and oxygen atoms in total. The van der Waals surface area contributed by atoms with E-state index in [4.69, 9.17) is 9.47 Å². The first-order valence-corrected chi connectivity index (χ1v) is 8.46. The molecule has 2 bridgehead atoms. The molecule has 3 unspecified atom stereocenters. The van der Waals surface area contributed by atoms with E-state index >= 15 is 0 Å². The van der Waals surface area contributed by atoms with Crippen LogP contribution in [0, 0.1) is 0 Å². The van der Waals surface area contributed by atoms with Gasteiger partial charge >= 0.3 is 0 Å². The first-order valence-electron chi connectivity index (χ1n) is 8.46. The molecule has 2 saturated heterocycles. The highest BCUT2D eigenvalue weighted by Crippen LogP contribution is 2.29. The fourth-order valence-electron chi connectivity index (χ4n) is 3.61. The summed E-state index contributed by atoms with van der Waals surface area (Å²) in [5.41, 5.74) is 1.02. The lowest BCUT2D eigenvalue weighted by Crippen LogP contribution is -2.47. The van der Waals surface area contributed by atoms with Crippen molar-refractivity contribution in [3.8, 4) is 5.75 Å². The van der Waals surface area contributed by atoms with Crippen LogP contribution in [0.2, 0.25) is 0 Å². The van der Waals surface area contributed by atoms with Gasteiger partial charge in [-0.1, -0.05) is 12.1 Å². The number of ether oxygens (including phenoxy) is 2. The Bertz CT molecular complexity index is 535. The Morgan fingerprint density at radius 3 is 3.00 bits per heavy atom. The van der Waals surface area contributed by atoms with Crippen LogP contribution in [-0.2, 0) is 16.1 Å². The minimum atomic E-state index is -0.414. The lowest BCUT2D eigenvalue weighted by molar-refractivity contribution is -0.146. The molecule has 2 fully saturated rings. The molecule has 0 aliphatic carbocycles. The number of rotatable bonds is 5. The van der Waals surface area contributed by atoms with Gasteiger partial charge in [0, 0.05) is 18.6 Å². The van der Waals surface area contributed by atoms with Gasteiger partial charge in [0.05, 0.1) is 13.7 Å². The average Bonchev–Trinajstić information content (AvgIpc) is 2.85. The fourth-order valence-corrected chi connectivity index (χ4v) is 3.61. The molecule has 1 amide bonds. The Hall–Kier alpha value is -1.59. The second kappa shape index (κ2) is 7.32. The number of carbonyl (C=O) groups is 1. The summed E-state index contributed by atoms with van der Waals surface area (Å²) in [6, 6.07) is 8.48. The van der Waals surface area contributed by atoms with Gasteiger partial charge in [0.1, 0.15) is 11.9 Å². The van der Waals surface area contributed by atoms with Crippen molar-refractivity contribution in [2.75, 3.05) is 20.2 Å². The molecule has 0 spiro atoms. The van der Waals surface area contributed by atoms with E-state index in [0.717, 1.165) is 43.7 Å². The first-order chi connectivity index (χ1) is 11.2. The first kappa shape index (κ1) is 16.3. The Morgan fingerprint density at radius 1 is 1.35 bits per heavy atom. The Kier molecular flexibility index (Phi) is 5.18. The third-order valence-corrected chi connectivity index (χ3v) is 4.89. The van der Waals surface area contributed by atoms with E-state index in [2.05, 4.69) is 10.2 Å². The third kappa shape index (κ3) is 3.67. The maximum atomic E-state index is 12.8. The molecule has 3 atom stereocenters. The van der Waals surface area contributed by atoms with Crippen molar-refractivity contribution < 1.29 is 14.3 Å². The van der Waals surface area contributed by atoms with E-state index in [1.165, 1.54) is 0 Å². The van der Waals surface area contributed by atoms with Crippen LogP contribution >= 0.6 is 0 Å². The molecule has 1 N–H and O–H groups in total. The van der Waals surface area contributed by atoms with Crippen LogP contribution in [0.4, 0.5) is 0 Å². The molecule has 1 aromatic rings. The smallest absolute Gasteiger partial charge is 0.251 e. The second-order valence-electron chi connectivity index (χ2n) is 6.43. The molecule has 1 aromatic carbocycles. The van der Waals surface area contributed by atoms with E-state index in [-0.39, 0.29) is 5.91 Å². The van der Waals surface area contributed by atoms with Crippen molar-refractivity contribution in [1.29, 1.82) is 0 Å². The largest absolute Gasteiger partial charge is 0.497 e. The predicted octanol–water partition coefficient (Wildman–Crippen LogP) is 1.95. The van der Waals surface area contributed by atoms with Gasteiger partial charge in [0.25, 0.3) is 5.91 Å². The predicted molar refractivity (Wildman–Crippen MR) is 88.4 cm³/mol. The van der Waals surface area contributed by atoms with Crippen molar-refractivity contribution in [3.05, 3.63) is 29.8 Å². The zero-order chi connectivity index (χ0) is 16.2. The molecule has 3 rings (SSSR count). The van der Waals surface area contributed by atoms with Crippen molar-refractivity contribution in [1.82, 2.24) is 10.2 Å². The number of fused-ring (bicyclic) bond motifs is 2. The minimum absolute atomic E-state index is 0.129. The van der Waals surface area contributed by atoms with Gasteiger partial charge in [-0.2, -0.15) is 0 Å². The van der Waals surface area contributed by atoms with Gasteiger partial charge in [0.2, 0.25) is 0 Å². The molecule has 0 saturated carbocycles. The molecule has 126 valence electrons. The van der Waals surface area contributed by atoms with Crippen LogP contribution in [0.5, 0.6) is 5.75 Å². The van der Waals surface area contributed by atoms with E-state index in [0.29, 0.717) is 18.7 Å². The van der Waals surface area contributed by atoms with Gasteiger partial charge in [-0.25, -0.2) is 0 Å². The molecule has 0 radical (unpaired) electrons. The number of benzene rings is 1. The number of nitrogens with one attached hydrogen (secondary N) is 1. The number of methoxy groups -OCH3 is 1. The van der Waals surface area contributed by atoms with Crippen LogP contribution in [0.15, 0.2) is 24.3 Å². The number of nitrogens with zero attached hydrogens (tertiary/aromatic N) is 1. The number of hydrogen-bond donors (Lipinski definition) is 1. The second-order valence-corrected chi connectivity index (χ2v) is 6.43. The van der Waals surface area contributed by atoms with E-state index in [1.807, 2.05) is 31.2 Å². The zero-order valence-electron chi connectivity index (χ0n) is 14.0. The summed E-state index contributed by atoms with van der Waals surface area (Å²) in [4.78, 5) is 14.9. The van der Waals surface area contributed by atoms with Gasteiger partial charge in [-0.3, -0.25) is 4.79 Å². The lowest BCUT2D eigenvalue weighted by Gasteiger charge is -2.30. The summed E-state index contributed by atoms with van der Waals surface area (Å²) in [7, 11) is 1.65. The van der Waals surface area contributed by atoms with Crippen molar-refractivity contribution in [2.45, 2.75) is 51.0 Å². The van der Waals surface area contributed by atoms with E-state index in [9.17, 15) is 4.79 Å². The summed E-state index contributed by atoms with van der Waals surface area (Å²) in [5.74, 6) is 0.936. The highest BCUT2D eigenvalue weighted by Gasteiger charge is 2.39. The van der Waals surface area contributed by atoms with Gasteiger partial charge in [-0.05, 0) is 50.4 Å². The SMILES string of the molecule is COc1cccc(COC(C)C(=O)N2C3CCNCC2CC3)c1. The fraction of sp³-hybridized carbons (Fsp3) is 0.611. The minimum Gasteiger partial charge on any atom is -0.497 e. The number of carbonyl (C=O) groups excluding carboxylic acids is 1. The standard InChI is InChI=1S/C18H26N2O3/c1-13(23-12-14-4-3-5-17(10-14)22-2)18(21)20-15-6-7-16(20)11-19-9-8-15/h3-5,10,13,15-16,19H,6-9,11-12H2,1-2H3. The molecule has 2 aliphatic heterocycles. The Labute approximate surface area is 137 Å². The quantitative estimate of drug-likeness (QED) is 0.901. The Morgan fingerprint density at radius 2 is 2.17 bits per heavy atom. The maximum absolute atomic E-state index is 12.8. The number of amides is 1. The van der Waals surface area contributed by atoms with Crippen molar-refractivity contribution in [2.24, 2.45) is 0 Å². The summed E-state index contributed by atoms with van der Waals surface area (Å²) >= 11 is 0. The summed E-state index contributed by atoms with van der Waals surface area (Å²) < 4.78 is 11.1. The van der Waals surface area contributed by atoms with Crippen LogP contribution in [-0.4, -0.2) is 49.2 Å². The van der Waals surface area contributed by atoms with E-state index < -0.39 is 6.10 Å². The van der Waals surface area contributed by atoms with Gasteiger partial charge in [-0.15, -0.1) is 0 Å². The van der Waals surface area contributed by atoms with Crippen molar-refractivity contribution >= 4 is 5.91 Å². The summed E-state index contributed by atoms with van der Waals surface area (Å²) in [6.45, 7) is 4.20. The third-order valence-electron chi connectivity index (χ3n) is 4.89. The molecular formula is C18H26N2O3. The van der Waals surface area contributed by atoms with Gasteiger partial charge in [0.15, 0.2) is 0 Å². The van der Waals surface area contributed by atoms with Crippen LogP contribution in [0.25, 0.3) is 0 Å². The molecule has 0 aromatic heterocycles. The topological polar surface area (TPSA) is 50.8 Å². The monoisotopic (exact) mass is 318 g/mol. The lowest BCUT2D eigenvalue weighted by atomic mass is 10.1. The van der Waals surface area contributed by atoms with E-state index in [1.54, 1.807) is 7.11 Å². The Balaban J connectivity index is 1.59. The average molecular weight is 318 g/mol. The normalized spacial score (nSPS) is 25.0. The number of hydrogen-bond acceptors (Lipinski definition) is 4. The maximum Gasteiger partial charge on any atom is 0.251 e. The molecule has 2 heterocycles.